The van der Waals surface area contributed by atoms with E-state index in [0.29, 0.717) is 32.1 Å². The van der Waals surface area contributed by atoms with Crippen LogP contribution < -0.4 is 5.32 Å². The van der Waals surface area contributed by atoms with Gasteiger partial charge in [-0.25, -0.2) is 13.2 Å². The summed E-state index contributed by atoms with van der Waals surface area (Å²) in [6.07, 6.45) is 2.42. The Morgan fingerprint density at radius 1 is 0.974 bits per heavy atom. The van der Waals surface area contributed by atoms with E-state index in [1.54, 1.807) is 29.2 Å². The van der Waals surface area contributed by atoms with Gasteiger partial charge >= 0.3 is 5.97 Å². The normalized spacial score (nSPS) is 27.7. The zero-order chi connectivity index (χ0) is 27.0. The molecule has 2 aromatic carbocycles. The summed E-state index contributed by atoms with van der Waals surface area (Å²) in [7, 11) is -2.55. The minimum Gasteiger partial charge on any atom is -0.467 e. The number of hydrogen-bond donors (Lipinski definition) is 1. The number of ether oxygens (including phenoxy) is 1. The Hall–Kier alpha value is -3.24. The molecule has 10 heteroatoms. The predicted molar refractivity (Wildman–Crippen MR) is 139 cm³/mol. The van der Waals surface area contributed by atoms with Gasteiger partial charge in [0.15, 0.2) is 0 Å². The Bertz CT molecular complexity index is 1310. The van der Waals surface area contributed by atoms with Gasteiger partial charge in [-0.2, -0.15) is 4.31 Å². The number of nitrogens with zero attached hydrogens (tertiary/aromatic N) is 2. The molecule has 0 aromatic heterocycles. The molecule has 3 aliphatic heterocycles. The number of sulfonamides is 1. The first kappa shape index (κ1) is 26.4. The molecule has 0 spiro atoms. The highest BCUT2D eigenvalue weighted by atomic mass is 32.2. The fourth-order valence-corrected chi connectivity index (χ4v) is 7.80. The first-order valence-corrected chi connectivity index (χ1v) is 14.5. The second-order valence-corrected chi connectivity index (χ2v) is 12.3. The van der Waals surface area contributed by atoms with E-state index in [0.717, 1.165) is 11.1 Å². The molecule has 0 saturated carbocycles. The van der Waals surface area contributed by atoms with Gasteiger partial charge in [-0.3, -0.25) is 9.59 Å². The van der Waals surface area contributed by atoms with E-state index in [1.165, 1.54) is 11.4 Å². The lowest BCUT2D eigenvalue weighted by molar-refractivity contribution is -0.155. The predicted octanol–water partition coefficient (Wildman–Crippen LogP) is 2.35. The number of esters is 1. The fraction of sp³-hybridized carbons (Fsp3) is 0.464. The maximum Gasteiger partial charge on any atom is 0.328 e. The van der Waals surface area contributed by atoms with E-state index in [1.807, 2.05) is 37.3 Å². The highest BCUT2D eigenvalue weighted by Crippen LogP contribution is 2.40. The standard InChI is InChI=1S/C28H33N3O6S/c1-18-10-12-22(13-11-18)38(35,36)30-14-6-9-24(30)26(32)29-23-17-21-15-20(19-7-4-3-5-8-19)16-25(28(34)37-2)31(21)27(23)33/h3-5,7-8,10-13,20-21,23-25H,6,9,14-17H2,1-2H3,(H,29,32)/t20-,21-,23+,24-,25+/m1/s1. The summed E-state index contributed by atoms with van der Waals surface area (Å²) in [5.41, 5.74) is 2.04. The molecule has 5 atom stereocenters. The van der Waals surface area contributed by atoms with Gasteiger partial charge in [-0.05, 0) is 62.6 Å². The van der Waals surface area contributed by atoms with Crippen molar-refractivity contribution in [3.63, 3.8) is 0 Å². The zero-order valence-corrected chi connectivity index (χ0v) is 22.4. The van der Waals surface area contributed by atoms with Gasteiger partial charge in [0.1, 0.15) is 18.1 Å². The lowest BCUT2D eigenvalue weighted by atomic mass is 9.82. The molecular weight excluding hydrogens is 506 g/mol. The number of fused-ring (bicyclic) bond motifs is 1. The van der Waals surface area contributed by atoms with Crippen LogP contribution in [0.2, 0.25) is 0 Å². The SMILES string of the molecule is COC(=O)[C@@H]1C[C@H](c2ccccc2)C[C@@H]2C[C@H](NC(=O)[C@H]3CCCN3S(=O)(=O)c3ccc(C)cc3)C(=O)N21. The van der Waals surface area contributed by atoms with Crippen molar-refractivity contribution in [2.24, 2.45) is 0 Å². The van der Waals surface area contributed by atoms with Crippen molar-refractivity contribution < 1.29 is 27.5 Å². The lowest BCUT2D eigenvalue weighted by Crippen LogP contribution is -2.54. The molecule has 38 heavy (non-hydrogen) atoms. The Balaban J connectivity index is 1.33. The summed E-state index contributed by atoms with van der Waals surface area (Å²) in [5.74, 6) is -1.20. The Kier molecular flexibility index (Phi) is 7.28. The molecule has 3 aliphatic rings. The Morgan fingerprint density at radius 3 is 2.37 bits per heavy atom. The highest BCUT2D eigenvalue weighted by molar-refractivity contribution is 7.89. The zero-order valence-electron chi connectivity index (χ0n) is 21.6. The second-order valence-electron chi connectivity index (χ2n) is 10.4. The molecule has 3 fully saturated rings. The summed E-state index contributed by atoms with van der Waals surface area (Å²) < 4.78 is 32.9. The topological polar surface area (TPSA) is 113 Å². The van der Waals surface area contributed by atoms with Crippen LogP contribution in [0.25, 0.3) is 0 Å². The highest BCUT2D eigenvalue weighted by Gasteiger charge is 2.51. The average Bonchev–Trinajstić information content (AvgIpc) is 3.54. The van der Waals surface area contributed by atoms with Crippen molar-refractivity contribution in [2.45, 2.75) is 74.0 Å². The third-order valence-corrected chi connectivity index (χ3v) is 9.97. The molecule has 0 radical (unpaired) electrons. The van der Waals surface area contributed by atoms with Crippen LogP contribution in [0.3, 0.4) is 0 Å². The molecule has 0 bridgehead atoms. The molecule has 0 unspecified atom stereocenters. The van der Waals surface area contributed by atoms with E-state index < -0.39 is 40.0 Å². The van der Waals surface area contributed by atoms with Crippen LogP contribution in [0.4, 0.5) is 0 Å². The molecule has 1 N–H and O–H groups in total. The summed E-state index contributed by atoms with van der Waals surface area (Å²) in [6, 6.07) is 13.8. The first-order valence-electron chi connectivity index (χ1n) is 13.0. The van der Waals surface area contributed by atoms with Crippen LogP contribution in [0.15, 0.2) is 59.5 Å². The monoisotopic (exact) mass is 539 g/mol. The average molecular weight is 540 g/mol. The van der Waals surface area contributed by atoms with Gasteiger partial charge in [-0.15, -0.1) is 0 Å². The minimum atomic E-state index is -3.86. The third kappa shape index (κ3) is 4.82. The number of rotatable bonds is 6. The quantitative estimate of drug-likeness (QED) is 0.564. The van der Waals surface area contributed by atoms with Crippen molar-refractivity contribution in [1.29, 1.82) is 0 Å². The summed E-state index contributed by atoms with van der Waals surface area (Å²) in [5, 5.41) is 2.83. The van der Waals surface area contributed by atoms with Gasteiger partial charge in [0.2, 0.25) is 21.8 Å². The number of carbonyl (C=O) groups excluding carboxylic acids is 3. The molecule has 2 aromatic rings. The second kappa shape index (κ2) is 10.5. The molecule has 0 aliphatic carbocycles. The van der Waals surface area contributed by atoms with Crippen LogP contribution in [-0.2, 0) is 29.1 Å². The Labute approximate surface area is 223 Å². The van der Waals surface area contributed by atoms with E-state index >= 15 is 0 Å². The van der Waals surface area contributed by atoms with Crippen molar-refractivity contribution in [1.82, 2.24) is 14.5 Å². The van der Waals surface area contributed by atoms with Gasteiger partial charge in [0.05, 0.1) is 12.0 Å². The number of carbonyl (C=O) groups is 3. The number of amides is 2. The molecule has 3 heterocycles. The summed E-state index contributed by atoms with van der Waals surface area (Å²) in [6.45, 7) is 2.12. The summed E-state index contributed by atoms with van der Waals surface area (Å²) >= 11 is 0. The van der Waals surface area contributed by atoms with Crippen LogP contribution in [0.5, 0.6) is 0 Å². The number of aryl methyl sites for hydroxylation is 1. The van der Waals surface area contributed by atoms with E-state index in [4.69, 9.17) is 4.74 Å². The minimum absolute atomic E-state index is 0.0776. The number of benzene rings is 2. The number of methoxy groups -OCH3 is 1. The Morgan fingerprint density at radius 2 is 1.68 bits per heavy atom. The van der Waals surface area contributed by atoms with E-state index in [2.05, 4.69) is 5.32 Å². The van der Waals surface area contributed by atoms with Crippen LogP contribution in [0.1, 0.15) is 49.1 Å². The molecular formula is C28H33N3O6S. The first-order chi connectivity index (χ1) is 18.2. The van der Waals surface area contributed by atoms with Crippen LogP contribution in [0, 0.1) is 6.92 Å². The maximum absolute atomic E-state index is 13.5. The van der Waals surface area contributed by atoms with E-state index in [9.17, 15) is 22.8 Å². The smallest absolute Gasteiger partial charge is 0.328 e. The fourth-order valence-electron chi connectivity index (χ4n) is 6.14. The van der Waals surface area contributed by atoms with Gasteiger partial charge < -0.3 is 15.0 Å². The van der Waals surface area contributed by atoms with Gasteiger partial charge in [0.25, 0.3) is 0 Å². The molecule has 2 amide bonds. The molecule has 5 rings (SSSR count). The molecule has 3 saturated heterocycles. The lowest BCUT2D eigenvalue weighted by Gasteiger charge is -2.40. The number of piperidine rings is 1. The van der Waals surface area contributed by atoms with Crippen molar-refractivity contribution in [3.8, 4) is 0 Å². The van der Waals surface area contributed by atoms with Crippen molar-refractivity contribution in [2.75, 3.05) is 13.7 Å². The van der Waals surface area contributed by atoms with E-state index in [-0.39, 0.29) is 29.3 Å². The molecule has 202 valence electrons. The van der Waals surface area contributed by atoms with Crippen LogP contribution >= 0.6 is 0 Å². The van der Waals surface area contributed by atoms with Gasteiger partial charge in [0, 0.05) is 12.6 Å². The maximum atomic E-state index is 13.5. The largest absolute Gasteiger partial charge is 0.467 e. The van der Waals surface area contributed by atoms with Gasteiger partial charge in [-0.1, -0.05) is 48.0 Å². The van der Waals surface area contributed by atoms with Crippen molar-refractivity contribution in [3.05, 3.63) is 65.7 Å². The number of hydrogen-bond acceptors (Lipinski definition) is 6. The van der Waals surface area contributed by atoms with Crippen LogP contribution in [-0.4, -0.2) is 73.2 Å². The number of nitrogens with one attached hydrogen (secondary N) is 1. The summed E-state index contributed by atoms with van der Waals surface area (Å²) in [4.78, 5) is 41.3. The van der Waals surface area contributed by atoms with Crippen molar-refractivity contribution >= 4 is 27.8 Å². The third-order valence-electron chi connectivity index (χ3n) is 8.05. The molecule has 9 nitrogen and oxygen atoms in total.